The van der Waals surface area contributed by atoms with Gasteiger partial charge in [0.25, 0.3) is 5.91 Å². The van der Waals surface area contributed by atoms with Crippen molar-refractivity contribution in [3.8, 4) is 0 Å². The molecule has 1 rings (SSSR count). The third-order valence-electron chi connectivity index (χ3n) is 3.09. The number of anilines is 2. The van der Waals surface area contributed by atoms with Gasteiger partial charge in [0.1, 0.15) is 5.69 Å². The van der Waals surface area contributed by atoms with Crippen molar-refractivity contribution in [1.29, 1.82) is 0 Å². The number of nitrogen functional groups attached to an aromatic ring is 1. The molecule has 0 saturated heterocycles. The van der Waals surface area contributed by atoms with Crippen molar-refractivity contribution < 1.29 is 9.53 Å². The Balaban J connectivity index is 3.12. The van der Waals surface area contributed by atoms with E-state index >= 15 is 0 Å². The maximum Gasteiger partial charge on any atom is 0.267 e. The lowest BCUT2D eigenvalue weighted by atomic mass is 10.2. The first-order chi connectivity index (χ1) is 9.01. The number of primary amides is 1. The minimum Gasteiger partial charge on any atom is -0.396 e. The quantitative estimate of drug-likeness (QED) is 0.768. The highest BCUT2D eigenvalue weighted by Crippen LogP contribution is 2.23. The summed E-state index contributed by atoms with van der Waals surface area (Å²) in [5.41, 5.74) is 12.0. The number of methoxy groups -OCH3 is 1. The van der Waals surface area contributed by atoms with Crippen LogP contribution >= 0.6 is 0 Å². The molecule has 6 nitrogen and oxygen atoms in total. The summed E-state index contributed by atoms with van der Waals surface area (Å²) in [6.07, 6.45) is 0.936. The number of pyridine rings is 1. The van der Waals surface area contributed by atoms with Gasteiger partial charge in [-0.1, -0.05) is 6.92 Å². The molecule has 0 bridgehead atoms. The van der Waals surface area contributed by atoms with Crippen molar-refractivity contribution in [3.05, 3.63) is 17.8 Å². The predicted octanol–water partition coefficient (Wildman–Crippen LogP) is 1.01. The summed E-state index contributed by atoms with van der Waals surface area (Å²) in [7, 11) is 1.64. The first-order valence-corrected chi connectivity index (χ1v) is 6.33. The smallest absolute Gasteiger partial charge is 0.267 e. The van der Waals surface area contributed by atoms with Crippen LogP contribution in [-0.2, 0) is 4.74 Å². The van der Waals surface area contributed by atoms with Crippen LogP contribution in [0.3, 0.4) is 0 Å². The fraction of sp³-hybridized carbons (Fsp3) is 0.538. The van der Waals surface area contributed by atoms with Crippen LogP contribution in [0, 0.1) is 0 Å². The van der Waals surface area contributed by atoms with E-state index in [0.717, 1.165) is 6.42 Å². The summed E-state index contributed by atoms with van der Waals surface area (Å²) in [6, 6.07) is 3.43. The lowest BCUT2D eigenvalue weighted by Crippen LogP contribution is -2.37. The van der Waals surface area contributed by atoms with Gasteiger partial charge in [-0.05, 0) is 25.5 Å². The van der Waals surface area contributed by atoms with Crippen molar-refractivity contribution >= 4 is 17.4 Å². The van der Waals surface area contributed by atoms with E-state index in [-0.39, 0.29) is 11.7 Å². The molecule has 0 saturated carbocycles. The highest BCUT2D eigenvalue weighted by Gasteiger charge is 2.18. The molecule has 0 radical (unpaired) electrons. The van der Waals surface area contributed by atoms with Gasteiger partial charge in [0.15, 0.2) is 5.82 Å². The average molecular weight is 266 g/mol. The van der Waals surface area contributed by atoms with Gasteiger partial charge in [-0.25, -0.2) is 4.98 Å². The molecule has 106 valence electrons. The monoisotopic (exact) mass is 266 g/mol. The standard InChI is InChI=1S/C13H22N4O2/c1-4-9(2)17(7-8-19-3)13-10(14)5-6-11(16-13)12(15)18/h5-6,9H,4,7-8,14H2,1-3H3,(H2,15,18). The van der Waals surface area contributed by atoms with Crippen LogP contribution in [0.4, 0.5) is 11.5 Å². The van der Waals surface area contributed by atoms with Gasteiger partial charge >= 0.3 is 0 Å². The van der Waals surface area contributed by atoms with E-state index in [1.165, 1.54) is 6.07 Å². The summed E-state index contributed by atoms with van der Waals surface area (Å²) in [5, 5.41) is 0. The van der Waals surface area contributed by atoms with E-state index in [9.17, 15) is 4.79 Å². The molecule has 0 fully saturated rings. The minimum atomic E-state index is -0.558. The molecule has 0 aliphatic carbocycles. The van der Waals surface area contributed by atoms with Crippen LogP contribution < -0.4 is 16.4 Å². The van der Waals surface area contributed by atoms with Gasteiger partial charge in [0.05, 0.1) is 12.3 Å². The maximum absolute atomic E-state index is 11.2. The normalized spacial score (nSPS) is 12.2. The van der Waals surface area contributed by atoms with Gasteiger partial charge in [0, 0.05) is 19.7 Å². The van der Waals surface area contributed by atoms with Crippen LogP contribution in [0.5, 0.6) is 0 Å². The molecule has 1 aromatic rings. The number of nitrogens with two attached hydrogens (primary N) is 2. The molecule has 1 heterocycles. The van der Waals surface area contributed by atoms with Crippen LogP contribution in [0.2, 0.25) is 0 Å². The number of hydrogen-bond acceptors (Lipinski definition) is 5. The minimum absolute atomic E-state index is 0.218. The number of carbonyl (C=O) groups is 1. The molecule has 6 heteroatoms. The Labute approximate surface area is 113 Å². The zero-order valence-corrected chi connectivity index (χ0v) is 11.7. The third-order valence-corrected chi connectivity index (χ3v) is 3.09. The highest BCUT2D eigenvalue weighted by atomic mass is 16.5. The highest BCUT2D eigenvalue weighted by molar-refractivity contribution is 5.91. The number of rotatable bonds is 7. The Hall–Kier alpha value is -1.82. The van der Waals surface area contributed by atoms with Crippen molar-refractivity contribution in [2.75, 3.05) is 30.9 Å². The Kier molecular flexibility index (Phi) is 5.57. The van der Waals surface area contributed by atoms with Gasteiger partial charge < -0.3 is 21.1 Å². The van der Waals surface area contributed by atoms with E-state index < -0.39 is 5.91 Å². The van der Waals surface area contributed by atoms with Gasteiger partial charge in [-0.2, -0.15) is 0 Å². The fourth-order valence-electron chi connectivity index (χ4n) is 1.77. The Morgan fingerprint density at radius 2 is 2.21 bits per heavy atom. The summed E-state index contributed by atoms with van der Waals surface area (Å²) >= 11 is 0. The molecule has 0 aromatic carbocycles. The molecule has 1 atom stereocenters. The Morgan fingerprint density at radius 3 is 2.74 bits per heavy atom. The summed E-state index contributed by atoms with van der Waals surface area (Å²) in [4.78, 5) is 17.5. The van der Waals surface area contributed by atoms with E-state index in [4.69, 9.17) is 16.2 Å². The number of nitrogens with zero attached hydrogens (tertiary/aromatic N) is 2. The van der Waals surface area contributed by atoms with Crippen molar-refractivity contribution in [2.45, 2.75) is 26.3 Å². The van der Waals surface area contributed by atoms with Crippen LogP contribution in [-0.4, -0.2) is 37.2 Å². The fourth-order valence-corrected chi connectivity index (χ4v) is 1.77. The molecule has 1 amide bonds. The summed E-state index contributed by atoms with van der Waals surface area (Å²) in [6.45, 7) is 5.38. The molecular formula is C13H22N4O2. The van der Waals surface area contributed by atoms with Crippen molar-refractivity contribution in [2.24, 2.45) is 5.73 Å². The molecule has 0 aliphatic rings. The van der Waals surface area contributed by atoms with E-state index in [1.807, 2.05) is 4.90 Å². The molecule has 1 unspecified atom stereocenters. The topological polar surface area (TPSA) is 94.5 Å². The second-order valence-corrected chi connectivity index (χ2v) is 4.42. The van der Waals surface area contributed by atoms with E-state index in [2.05, 4.69) is 18.8 Å². The zero-order valence-electron chi connectivity index (χ0n) is 11.7. The summed E-state index contributed by atoms with van der Waals surface area (Å²) < 4.78 is 5.10. The van der Waals surface area contributed by atoms with E-state index in [1.54, 1.807) is 13.2 Å². The van der Waals surface area contributed by atoms with Crippen molar-refractivity contribution in [1.82, 2.24) is 4.98 Å². The van der Waals surface area contributed by atoms with Gasteiger partial charge in [-0.3, -0.25) is 4.79 Å². The third kappa shape index (κ3) is 3.82. The van der Waals surface area contributed by atoms with Gasteiger partial charge in [-0.15, -0.1) is 0 Å². The molecule has 0 spiro atoms. The molecule has 0 aliphatic heterocycles. The molecule has 4 N–H and O–H groups in total. The predicted molar refractivity (Wildman–Crippen MR) is 76.1 cm³/mol. The number of ether oxygens (including phenoxy) is 1. The zero-order chi connectivity index (χ0) is 14.4. The largest absolute Gasteiger partial charge is 0.396 e. The first kappa shape index (κ1) is 15.2. The molecule has 19 heavy (non-hydrogen) atoms. The lowest BCUT2D eigenvalue weighted by Gasteiger charge is -2.30. The van der Waals surface area contributed by atoms with E-state index in [0.29, 0.717) is 24.7 Å². The molecule has 1 aromatic heterocycles. The number of carbonyl (C=O) groups excluding carboxylic acids is 1. The SMILES string of the molecule is CCC(C)N(CCOC)c1nc(C(N)=O)ccc1N. The Morgan fingerprint density at radius 1 is 1.53 bits per heavy atom. The van der Waals surface area contributed by atoms with Crippen molar-refractivity contribution in [3.63, 3.8) is 0 Å². The second kappa shape index (κ2) is 6.94. The second-order valence-electron chi connectivity index (χ2n) is 4.42. The van der Waals surface area contributed by atoms with Crippen LogP contribution in [0.15, 0.2) is 12.1 Å². The first-order valence-electron chi connectivity index (χ1n) is 6.33. The number of amides is 1. The number of aromatic nitrogens is 1. The van der Waals surface area contributed by atoms with Crippen LogP contribution in [0.25, 0.3) is 0 Å². The number of hydrogen-bond donors (Lipinski definition) is 2. The Bertz CT molecular complexity index is 437. The van der Waals surface area contributed by atoms with Crippen LogP contribution in [0.1, 0.15) is 30.8 Å². The average Bonchev–Trinajstić information content (AvgIpc) is 2.40. The summed E-state index contributed by atoms with van der Waals surface area (Å²) in [5.74, 6) is 0.0276. The maximum atomic E-state index is 11.2. The molecular weight excluding hydrogens is 244 g/mol. The van der Waals surface area contributed by atoms with Gasteiger partial charge in [0.2, 0.25) is 0 Å². The lowest BCUT2D eigenvalue weighted by molar-refractivity contribution is 0.0995.